The topological polar surface area (TPSA) is 76.3 Å². The van der Waals surface area contributed by atoms with E-state index in [9.17, 15) is 8.42 Å². The lowest BCUT2D eigenvalue weighted by Crippen LogP contribution is -2.47. The molecule has 20 heavy (non-hydrogen) atoms. The maximum absolute atomic E-state index is 11.7. The number of hydrogen-bond donors (Lipinski definition) is 1. The summed E-state index contributed by atoms with van der Waals surface area (Å²) in [4.78, 5) is 6.91. The average molecular weight is 295 g/mol. The van der Waals surface area contributed by atoms with Crippen molar-refractivity contribution in [2.24, 2.45) is 5.73 Å². The molecule has 6 heteroatoms. The first-order valence-corrected chi connectivity index (χ1v) is 9.01. The van der Waals surface area contributed by atoms with E-state index in [0.717, 1.165) is 36.3 Å². The fraction of sp³-hybridized carbons (Fsp3) is 0.643. The largest absolute Gasteiger partial charge is 0.352 e. The lowest BCUT2D eigenvalue weighted by molar-refractivity contribution is 0.566. The maximum Gasteiger partial charge on any atom is 0.154 e. The Balaban J connectivity index is 1.97. The van der Waals surface area contributed by atoms with Crippen LogP contribution in [0.25, 0.3) is 0 Å². The Morgan fingerprint density at radius 3 is 2.95 bits per heavy atom. The number of nitrogens with two attached hydrogens (primary N) is 1. The van der Waals surface area contributed by atoms with Crippen LogP contribution in [0.2, 0.25) is 0 Å². The van der Waals surface area contributed by atoms with Crippen molar-refractivity contribution in [2.45, 2.75) is 38.8 Å². The third-order valence-corrected chi connectivity index (χ3v) is 6.06. The average Bonchev–Trinajstić information content (AvgIpc) is 2.83. The van der Waals surface area contributed by atoms with Gasteiger partial charge in [0.2, 0.25) is 0 Å². The summed E-state index contributed by atoms with van der Waals surface area (Å²) < 4.78 is 23.4. The third kappa shape index (κ3) is 2.42. The van der Waals surface area contributed by atoms with Crippen LogP contribution in [-0.4, -0.2) is 37.5 Å². The van der Waals surface area contributed by atoms with Gasteiger partial charge in [-0.25, -0.2) is 13.4 Å². The first-order valence-electron chi connectivity index (χ1n) is 7.19. The van der Waals surface area contributed by atoms with Crippen molar-refractivity contribution in [3.63, 3.8) is 0 Å². The fourth-order valence-electron chi connectivity index (χ4n) is 3.22. The van der Waals surface area contributed by atoms with Gasteiger partial charge in [0.15, 0.2) is 9.84 Å². The van der Waals surface area contributed by atoms with Crippen LogP contribution in [-0.2, 0) is 29.2 Å². The third-order valence-electron chi connectivity index (χ3n) is 4.27. The van der Waals surface area contributed by atoms with Gasteiger partial charge >= 0.3 is 0 Å². The Bertz CT molecular complexity index is 628. The van der Waals surface area contributed by atoms with Crippen LogP contribution in [0.5, 0.6) is 0 Å². The number of aryl methyl sites for hydroxylation is 2. The van der Waals surface area contributed by atoms with Crippen LogP contribution in [0.4, 0.5) is 5.82 Å². The van der Waals surface area contributed by atoms with Crippen molar-refractivity contribution >= 4 is 15.7 Å². The van der Waals surface area contributed by atoms with Gasteiger partial charge in [0.25, 0.3) is 0 Å². The molecule has 0 saturated carbocycles. The predicted octanol–water partition coefficient (Wildman–Crippen LogP) is 0.652. The van der Waals surface area contributed by atoms with Crippen molar-refractivity contribution in [3.8, 4) is 0 Å². The summed E-state index contributed by atoms with van der Waals surface area (Å²) in [5.74, 6) is 1.31. The van der Waals surface area contributed by atoms with Crippen LogP contribution >= 0.6 is 0 Å². The molecule has 0 radical (unpaired) electrons. The molecule has 1 unspecified atom stereocenters. The van der Waals surface area contributed by atoms with Crippen LogP contribution in [0.15, 0.2) is 6.07 Å². The number of rotatable bonds is 2. The molecule has 2 heterocycles. The van der Waals surface area contributed by atoms with E-state index in [1.807, 2.05) is 6.92 Å². The molecule has 1 aliphatic carbocycles. The minimum atomic E-state index is -2.90. The van der Waals surface area contributed by atoms with Crippen molar-refractivity contribution in [1.29, 1.82) is 0 Å². The van der Waals surface area contributed by atoms with E-state index in [2.05, 4.69) is 11.0 Å². The van der Waals surface area contributed by atoms with Crippen molar-refractivity contribution in [1.82, 2.24) is 4.98 Å². The number of anilines is 1. The predicted molar refractivity (Wildman–Crippen MR) is 79.6 cm³/mol. The van der Waals surface area contributed by atoms with Gasteiger partial charge in [-0.1, -0.05) is 0 Å². The quantitative estimate of drug-likeness (QED) is 0.867. The Morgan fingerprint density at radius 1 is 1.45 bits per heavy atom. The summed E-state index contributed by atoms with van der Waals surface area (Å²) in [7, 11) is -2.90. The summed E-state index contributed by atoms with van der Waals surface area (Å²) in [6.45, 7) is 2.92. The van der Waals surface area contributed by atoms with Gasteiger partial charge < -0.3 is 10.6 Å². The molecular weight excluding hydrogens is 274 g/mol. The number of sulfone groups is 1. The molecule has 1 aliphatic heterocycles. The van der Waals surface area contributed by atoms with Crippen LogP contribution < -0.4 is 10.6 Å². The molecule has 2 N–H and O–H groups in total. The lowest BCUT2D eigenvalue weighted by atomic mass is 10.1. The number of fused-ring (bicyclic) bond motifs is 1. The summed E-state index contributed by atoms with van der Waals surface area (Å²) >= 11 is 0. The van der Waals surface area contributed by atoms with Gasteiger partial charge in [-0.05, 0) is 37.8 Å². The van der Waals surface area contributed by atoms with Crippen LogP contribution in [0.1, 0.15) is 30.2 Å². The standard InChI is InChI=1S/C14H21N3O2S/c1-10-9-20(18,19)6-5-17(10)14-12(8-15)7-11-3-2-4-13(11)16-14/h7,10H,2-6,8-9,15H2,1H3. The minimum Gasteiger partial charge on any atom is -0.352 e. The number of pyridine rings is 1. The summed E-state index contributed by atoms with van der Waals surface area (Å²) in [5, 5.41) is 0. The van der Waals surface area contributed by atoms with Gasteiger partial charge in [0.05, 0.1) is 11.5 Å². The highest BCUT2D eigenvalue weighted by Gasteiger charge is 2.30. The molecule has 1 aromatic heterocycles. The van der Waals surface area contributed by atoms with Crippen LogP contribution in [0.3, 0.4) is 0 Å². The van der Waals surface area contributed by atoms with Crippen molar-refractivity contribution in [2.75, 3.05) is 23.0 Å². The van der Waals surface area contributed by atoms with Gasteiger partial charge in [0.1, 0.15) is 5.82 Å². The molecule has 1 atom stereocenters. The van der Waals surface area contributed by atoms with Gasteiger partial charge in [-0.15, -0.1) is 0 Å². The summed E-state index contributed by atoms with van der Waals surface area (Å²) in [5.41, 5.74) is 9.38. The Hall–Kier alpha value is -1.14. The fourth-order valence-corrected chi connectivity index (χ4v) is 4.78. The minimum absolute atomic E-state index is 0.0361. The maximum atomic E-state index is 11.7. The van der Waals surface area contributed by atoms with E-state index in [1.54, 1.807) is 0 Å². The molecule has 1 aromatic rings. The molecule has 110 valence electrons. The van der Waals surface area contributed by atoms with E-state index in [4.69, 9.17) is 10.7 Å². The molecule has 0 bridgehead atoms. The highest BCUT2D eigenvalue weighted by atomic mass is 32.2. The van der Waals surface area contributed by atoms with Crippen LogP contribution in [0, 0.1) is 0 Å². The molecule has 1 fully saturated rings. The number of nitrogens with zero attached hydrogens (tertiary/aromatic N) is 2. The summed E-state index contributed by atoms with van der Waals surface area (Å²) in [6, 6.07) is 2.13. The van der Waals surface area contributed by atoms with E-state index in [1.165, 1.54) is 5.56 Å². The molecule has 1 saturated heterocycles. The zero-order chi connectivity index (χ0) is 14.3. The Kier molecular flexibility index (Phi) is 3.46. The summed E-state index contributed by atoms with van der Waals surface area (Å²) in [6.07, 6.45) is 3.26. The lowest BCUT2D eigenvalue weighted by Gasteiger charge is -2.35. The highest BCUT2D eigenvalue weighted by Crippen LogP contribution is 2.29. The smallest absolute Gasteiger partial charge is 0.154 e. The second-order valence-corrected chi connectivity index (χ2v) is 8.02. The Morgan fingerprint density at radius 2 is 2.25 bits per heavy atom. The molecular formula is C14H21N3O2S. The molecule has 0 amide bonds. The zero-order valence-corrected chi connectivity index (χ0v) is 12.6. The van der Waals surface area contributed by atoms with E-state index in [0.29, 0.717) is 13.1 Å². The van der Waals surface area contributed by atoms with Gasteiger partial charge in [0, 0.05) is 30.4 Å². The Labute approximate surface area is 120 Å². The number of hydrogen-bond acceptors (Lipinski definition) is 5. The monoisotopic (exact) mass is 295 g/mol. The first-order chi connectivity index (χ1) is 9.50. The molecule has 0 spiro atoms. The number of aromatic nitrogens is 1. The zero-order valence-electron chi connectivity index (χ0n) is 11.8. The second kappa shape index (κ2) is 5.00. The first kappa shape index (κ1) is 13.8. The van der Waals surface area contributed by atoms with Gasteiger partial charge in [-0.2, -0.15) is 0 Å². The van der Waals surface area contributed by atoms with Crippen molar-refractivity contribution in [3.05, 3.63) is 22.9 Å². The van der Waals surface area contributed by atoms with Crippen molar-refractivity contribution < 1.29 is 8.42 Å². The molecule has 0 aromatic carbocycles. The van der Waals surface area contributed by atoms with E-state index in [-0.39, 0.29) is 17.5 Å². The SMILES string of the molecule is CC1CS(=O)(=O)CCN1c1nc2c(cc1CN)CCC2. The molecule has 5 nitrogen and oxygen atoms in total. The highest BCUT2D eigenvalue weighted by molar-refractivity contribution is 7.91. The normalized spacial score (nSPS) is 24.7. The second-order valence-electron chi connectivity index (χ2n) is 5.79. The molecule has 3 rings (SSSR count). The molecule has 2 aliphatic rings. The van der Waals surface area contributed by atoms with Gasteiger partial charge in [-0.3, -0.25) is 0 Å². The van der Waals surface area contributed by atoms with E-state index < -0.39 is 9.84 Å². The van der Waals surface area contributed by atoms with E-state index >= 15 is 0 Å².